The first-order chi connectivity index (χ1) is 9.95. The molecule has 21 heavy (non-hydrogen) atoms. The van der Waals surface area contributed by atoms with Gasteiger partial charge >= 0.3 is 0 Å². The Hall–Kier alpha value is -1.21. The van der Waals surface area contributed by atoms with Crippen molar-refractivity contribution in [3.63, 3.8) is 0 Å². The molecule has 0 radical (unpaired) electrons. The Kier molecular flexibility index (Phi) is 3.88. The molecule has 4 nitrogen and oxygen atoms in total. The van der Waals surface area contributed by atoms with Crippen molar-refractivity contribution in [1.29, 1.82) is 0 Å². The van der Waals surface area contributed by atoms with Crippen LogP contribution in [0.1, 0.15) is 18.9 Å². The Morgan fingerprint density at radius 2 is 2.24 bits per heavy atom. The SMILES string of the molecule is CC(C)(O)c1ncc(SNc2cccc3c(Cl)c[nH]c23)s1. The van der Waals surface area contributed by atoms with Crippen molar-refractivity contribution >= 4 is 51.5 Å². The van der Waals surface area contributed by atoms with Crippen LogP contribution in [0.3, 0.4) is 0 Å². The number of rotatable bonds is 4. The molecule has 2 aromatic heterocycles. The lowest BCUT2D eigenvalue weighted by atomic mass is 10.2. The minimum atomic E-state index is -0.906. The van der Waals surface area contributed by atoms with Gasteiger partial charge in [0, 0.05) is 11.6 Å². The Morgan fingerprint density at radius 1 is 1.43 bits per heavy atom. The maximum atomic E-state index is 9.93. The van der Waals surface area contributed by atoms with E-state index in [9.17, 15) is 5.11 Å². The smallest absolute Gasteiger partial charge is 0.125 e. The molecule has 0 aliphatic rings. The topological polar surface area (TPSA) is 60.9 Å². The predicted octanol–water partition coefficient (Wildman–Crippen LogP) is 4.62. The van der Waals surface area contributed by atoms with Crippen LogP contribution >= 0.6 is 34.9 Å². The standard InChI is InChI=1S/C14H14ClN3OS2/c1-14(2,19)13-17-7-11(20-13)21-18-10-5-3-4-8-9(15)6-16-12(8)10/h3-7,16,18-19H,1-2H3. The van der Waals surface area contributed by atoms with E-state index in [1.54, 1.807) is 26.2 Å². The van der Waals surface area contributed by atoms with Gasteiger partial charge in [0.15, 0.2) is 0 Å². The van der Waals surface area contributed by atoms with E-state index in [1.165, 1.54) is 23.3 Å². The largest absolute Gasteiger partial charge is 0.383 e. The van der Waals surface area contributed by atoms with Gasteiger partial charge in [-0.1, -0.05) is 23.7 Å². The van der Waals surface area contributed by atoms with Crippen LogP contribution in [0.15, 0.2) is 34.8 Å². The van der Waals surface area contributed by atoms with Crippen molar-refractivity contribution in [1.82, 2.24) is 9.97 Å². The number of aliphatic hydroxyl groups is 1. The molecule has 3 aromatic rings. The van der Waals surface area contributed by atoms with Crippen molar-refractivity contribution < 1.29 is 5.11 Å². The molecule has 0 saturated carbocycles. The van der Waals surface area contributed by atoms with E-state index in [2.05, 4.69) is 14.7 Å². The van der Waals surface area contributed by atoms with Gasteiger partial charge in [0.1, 0.15) is 14.8 Å². The van der Waals surface area contributed by atoms with E-state index in [1.807, 2.05) is 18.2 Å². The quantitative estimate of drug-likeness (QED) is 0.607. The highest BCUT2D eigenvalue weighted by atomic mass is 35.5. The first-order valence-corrected chi connectivity index (χ1v) is 8.33. The minimum absolute atomic E-state index is 0.702. The molecule has 0 aliphatic carbocycles. The number of aromatic amines is 1. The number of thiazole rings is 1. The van der Waals surface area contributed by atoms with Gasteiger partial charge in [-0.15, -0.1) is 11.3 Å². The molecule has 0 saturated heterocycles. The molecular formula is C14H14ClN3OS2. The number of hydrogen-bond acceptors (Lipinski definition) is 5. The molecule has 7 heteroatoms. The van der Waals surface area contributed by atoms with Gasteiger partial charge in [0.2, 0.25) is 0 Å². The molecule has 0 bridgehead atoms. The van der Waals surface area contributed by atoms with E-state index < -0.39 is 5.60 Å². The molecule has 2 heterocycles. The third-order valence-corrected chi connectivity index (χ3v) is 5.48. The molecular weight excluding hydrogens is 326 g/mol. The summed E-state index contributed by atoms with van der Waals surface area (Å²) in [7, 11) is 0. The molecule has 0 fully saturated rings. The fraction of sp³-hybridized carbons (Fsp3) is 0.214. The Morgan fingerprint density at radius 3 is 2.95 bits per heavy atom. The Bertz CT molecular complexity index is 776. The molecule has 3 rings (SSSR count). The number of hydrogen-bond donors (Lipinski definition) is 3. The van der Waals surface area contributed by atoms with Crippen LogP contribution < -0.4 is 4.72 Å². The van der Waals surface area contributed by atoms with Crippen LogP contribution in [0.2, 0.25) is 5.02 Å². The number of para-hydroxylation sites is 1. The van der Waals surface area contributed by atoms with Crippen LogP contribution in [-0.4, -0.2) is 15.1 Å². The van der Waals surface area contributed by atoms with Crippen LogP contribution in [0, 0.1) is 0 Å². The molecule has 0 spiro atoms. The van der Waals surface area contributed by atoms with Crippen LogP contribution in [0.25, 0.3) is 10.9 Å². The fourth-order valence-electron chi connectivity index (χ4n) is 1.90. The fourth-order valence-corrected chi connectivity index (χ4v) is 3.78. The average molecular weight is 340 g/mol. The lowest BCUT2D eigenvalue weighted by Crippen LogP contribution is -2.14. The zero-order valence-electron chi connectivity index (χ0n) is 11.5. The second kappa shape index (κ2) is 5.53. The third kappa shape index (κ3) is 3.03. The minimum Gasteiger partial charge on any atom is -0.383 e. The second-order valence-corrected chi connectivity index (χ2v) is 7.66. The van der Waals surface area contributed by atoms with E-state index in [0.29, 0.717) is 10.0 Å². The van der Waals surface area contributed by atoms with Crippen molar-refractivity contribution in [2.45, 2.75) is 23.7 Å². The van der Waals surface area contributed by atoms with E-state index >= 15 is 0 Å². The lowest BCUT2D eigenvalue weighted by molar-refractivity contribution is 0.0783. The number of benzene rings is 1. The summed E-state index contributed by atoms with van der Waals surface area (Å²) < 4.78 is 4.29. The third-order valence-electron chi connectivity index (χ3n) is 2.93. The van der Waals surface area contributed by atoms with Crippen LogP contribution in [0.4, 0.5) is 5.69 Å². The monoisotopic (exact) mass is 339 g/mol. The number of halogens is 1. The molecule has 0 atom stereocenters. The van der Waals surface area contributed by atoms with Crippen molar-refractivity contribution in [3.05, 3.63) is 40.6 Å². The summed E-state index contributed by atoms with van der Waals surface area (Å²) in [4.78, 5) is 7.41. The van der Waals surface area contributed by atoms with Crippen LogP contribution in [0.5, 0.6) is 0 Å². The normalized spacial score (nSPS) is 12.0. The number of anilines is 1. The zero-order chi connectivity index (χ0) is 15.0. The highest BCUT2D eigenvalue weighted by molar-refractivity contribution is 8.02. The Labute approximate surface area is 135 Å². The van der Waals surface area contributed by atoms with Gasteiger partial charge < -0.3 is 14.8 Å². The summed E-state index contributed by atoms with van der Waals surface area (Å²) in [6.07, 6.45) is 3.54. The average Bonchev–Trinajstić information content (AvgIpc) is 3.04. The number of aromatic nitrogens is 2. The van der Waals surface area contributed by atoms with Gasteiger partial charge in [0.25, 0.3) is 0 Å². The Balaban J connectivity index is 1.79. The maximum Gasteiger partial charge on any atom is 0.125 e. The highest BCUT2D eigenvalue weighted by Crippen LogP contribution is 2.34. The number of nitrogens with one attached hydrogen (secondary N) is 2. The van der Waals surface area contributed by atoms with Gasteiger partial charge in [-0.3, -0.25) is 0 Å². The molecule has 3 N–H and O–H groups in total. The second-order valence-electron chi connectivity index (χ2n) is 5.11. The van der Waals surface area contributed by atoms with Crippen molar-refractivity contribution in [3.8, 4) is 0 Å². The number of H-pyrrole nitrogens is 1. The van der Waals surface area contributed by atoms with E-state index in [0.717, 1.165) is 20.8 Å². The number of nitrogens with zero attached hydrogens (tertiary/aromatic N) is 1. The molecule has 110 valence electrons. The highest BCUT2D eigenvalue weighted by Gasteiger charge is 2.20. The molecule has 0 amide bonds. The van der Waals surface area contributed by atoms with Crippen molar-refractivity contribution in [2.75, 3.05) is 4.72 Å². The molecule has 0 unspecified atom stereocenters. The van der Waals surface area contributed by atoms with Gasteiger partial charge in [-0.05, 0) is 31.9 Å². The summed E-state index contributed by atoms with van der Waals surface area (Å²) in [6.45, 7) is 3.46. The first-order valence-electron chi connectivity index (χ1n) is 6.32. The van der Waals surface area contributed by atoms with Gasteiger partial charge in [-0.25, -0.2) is 4.98 Å². The van der Waals surface area contributed by atoms with Gasteiger partial charge in [-0.2, -0.15) is 0 Å². The maximum absolute atomic E-state index is 9.93. The molecule has 1 aromatic carbocycles. The van der Waals surface area contributed by atoms with Crippen molar-refractivity contribution in [2.24, 2.45) is 0 Å². The summed E-state index contributed by atoms with van der Waals surface area (Å²) in [5, 5.41) is 12.3. The number of fused-ring (bicyclic) bond motifs is 1. The summed E-state index contributed by atoms with van der Waals surface area (Å²) in [5.41, 5.74) is 1.03. The predicted molar refractivity (Wildman–Crippen MR) is 90.1 cm³/mol. The first kappa shape index (κ1) is 14.7. The summed E-state index contributed by atoms with van der Waals surface area (Å²) in [5.74, 6) is 0. The van der Waals surface area contributed by atoms with Gasteiger partial charge in [0.05, 0.1) is 22.4 Å². The summed E-state index contributed by atoms with van der Waals surface area (Å²) >= 11 is 9.05. The summed E-state index contributed by atoms with van der Waals surface area (Å²) in [6, 6.07) is 5.92. The van der Waals surface area contributed by atoms with E-state index in [4.69, 9.17) is 11.6 Å². The zero-order valence-corrected chi connectivity index (χ0v) is 13.9. The van der Waals surface area contributed by atoms with Crippen LogP contribution in [-0.2, 0) is 5.60 Å². The molecule has 0 aliphatic heterocycles. The van der Waals surface area contributed by atoms with E-state index in [-0.39, 0.29) is 0 Å². The lowest BCUT2D eigenvalue weighted by Gasteiger charge is -2.12.